The van der Waals surface area contributed by atoms with Gasteiger partial charge in [0.15, 0.2) is 0 Å². The number of aliphatic hydroxyl groups is 1. The summed E-state index contributed by atoms with van der Waals surface area (Å²) in [6.45, 7) is 5.47. The third-order valence-electron chi connectivity index (χ3n) is 5.80. The van der Waals surface area contributed by atoms with Crippen LogP contribution in [-0.2, 0) is 0 Å². The average Bonchev–Trinajstić information content (AvgIpc) is 3.09. The maximum absolute atomic E-state index is 13.3. The van der Waals surface area contributed by atoms with Crippen molar-refractivity contribution < 1.29 is 9.90 Å². The molecule has 5 heteroatoms. The summed E-state index contributed by atoms with van der Waals surface area (Å²) in [6.07, 6.45) is 0. The predicted octanol–water partition coefficient (Wildman–Crippen LogP) is 2.54. The number of hydrogen-bond acceptors (Lipinski definition) is 4. The molecule has 1 saturated heterocycles. The molecular weight excluding hydrogens is 338 g/mol. The number of nitrogens with zero attached hydrogens (tertiary/aromatic N) is 3. The highest BCUT2D eigenvalue weighted by molar-refractivity contribution is 6.10. The van der Waals surface area contributed by atoms with Crippen LogP contribution in [0.25, 0.3) is 10.8 Å². The second kappa shape index (κ2) is 8.28. The third-order valence-corrected chi connectivity index (χ3v) is 5.80. The molecule has 2 aromatic carbocycles. The molecule has 0 aromatic heterocycles. The minimum absolute atomic E-state index is 0.0663. The van der Waals surface area contributed by atoms with Crippen molar-refractivity contribution in [2.45, 2.75) is 6.92 Å². The quantitative estimate of drug-likeness (QED) is 0.850. The Morgan fingerprint density at radius 2 is 1.74 bits per heavy atom. The van der Waals surface area contributed by atoms with E-state index in [0.29, 0.717) is 19.0 Å². The molecule has 3 rings (SSSR count). The number of carbonyl (C=O) groups excluding carboxylic acids is 1. The minimum Gasteiger partial charge on any atom is -0.396 e. The van der Waals surface area contributed by atoms with E-state index >= 15 is 0 Å². The fourth-order valence-electron chi connectivity index (χ4n) is 4.08. The van der Waals surface area contributed by atoms with E-state index in [9.17, 15) is 9.90 Å². The fourth-order valence-corrected chi connectivity index (χ4v) is 4.08. The molecule has 0 aliphatic carbocycles. The monoisotopic (exact) mass is 369 g/mol. The van der Waals surface area contributed by atoms with Crippen molar-refractivity contribution in [2.75, 3.05) is 58.8 Å². The first-order chi connectivity index (χ1) is 13.0. The van der Waals surface area contributed by atoms with Crippen LogP contribution in [0.4, 0.5) is 5.69 Å². The summed E-state index contributed by atoms with van der Waals surface area (Å²) in [4.78, 5) is 19.6. The molecule has 0 saturated carbocycles. The normalized spacial score (nSPS) is 19.9. The number of rotatable bonds is 6. The van der Waals surface area contributed by atoms with E-state index in [1.807, 2.05) is 49.3 Å². The largest absolute Gasteiger partial charge is 0.396 e. The minimum atomic E-state index is 0.0663. The van der Waals surface area contributed by atoms with Crippen molar-refractivity contribution in [1.82, 2.24) is 9.80 Å². The maximum Gasteiger partial charge on any atom is 0.254 e. The zero-order valence-corrected chi connectivity index (χ0v) is 16.9. The van der Waals surface area contributed by atoms with Crippen LogP contribution in [0.5, 0.6) is 0 Å². The van der Waals surface area contributed by atoms with Gasteiger partial charge in [0.2, 0.25) is 0 Å². The summed E-state index contributed by atoms with van der Waals surface area (Å²) >= 11 is 0. The molecule has 1 heterocycles. The summed E-state index contributed by atoms with van der Waals surface area (Å²) < 4.78 is 0. The van der Waals surface area contributed by atoms with E-state index < -0.39 is 0 Å². The third kappa shape index (κ3) is 3.94. The molecule has 27 heavy (non-hydrogen) atoms. The van der Waals surface area contributed by atoms with E-state index in [0.717, 1.165) is 35.1 Å². The highest BCUT2D eigenvalue weighted by Gasteiger charge is 2.35. The number of anilines is 1. The molecule has 146 valence electrons. The lowest BCUT2D eigenvalue weighted by Gasteiger charge is -2.22. The smallest absolute Gasteiger partial charge is 0.254 e. The molecule has 0 spiro atoms. The first-order valence-corrected chi connectivity index (χ1v) is 9.74. The molecule has 0 radical (unpaired) electrons. The van der Waals surface area contributed by atoms with Crippen LogP contribution in [0.1, 0.15) is 17.3 Å². The number of amides is 1. The van der Waals surface area contributed by atoms with Gasteiger partial charge >= 0.3 is 0 Å². The van der Waals surface area contributed by atoms with Crippen molar-refractivity contribution in [3.63, 3.8) is 0 Å². The van der Waals surface area contributed by atoms with Gasteiger partial charge in [-0.3, -0.25) is 4.79 Å². The van der Waals surface area contributed by atoms with Crippen LogP contribution in [0.2, 0.25) is 0 Å². The lowest BCUT2D eigenvalue weighted by atomic mass is 9.96. The average molecular weight is 370 g/mol. The Morgan fingerprint density at radius 1 is 1.07 bits per heavy atom. The van der Waals surface area contributed by atoms with E-state index in [-0.39, 0.29) is 18.4 Å². The summed E-state index contributed by atoms with van der Waals surface area (Å²) in [5.41, 5.74) is 1.86. The van der Waals surface area contributed by atoms with Crippen molar-refractivity contribution in [2.24, 2.45) is 11.8 Å². The Labute approximate surface area is 162 Å². The highest BCUT2D eigenvalue weighted by Crippen LogP contribution is 2.31. The van der Waals surface area contributed by atoms with Gasteiger partial charge in [0, 0.05) is 62.9 Å². The van der Waals surface area contributed by atoms with Crippen LogP contribution >= 0.6 is 0 Å². The van der Waals surface area contributed by atoms with E-state index in [1.165, 1.54) is 0 Å². The second-order valence-corrected chi connectivity index (χ2v) is 7.84. The molecule has 1 N–H and O–H groups in total. The molecule has 5 nitrogen and oxygen atoms in total. The SMILES string of the molecule is CCN(C)C[C@@H]1CN(C(=O)c2ccc(N(C)C)c3ccccc23)C[C@@H]1CO. The summed E-state index contributed by atoms with van der Waals surface area (Å²) in [5, 5.41) is 11.9. The Morgan fingerprint density at radius 3 is 2.37 bits per heavy atom. The molecule has 1 aliphatic heterocycles. The lowest BCUT2D eigenvalue weighted by Crippen LogP contribution is -2.32. The number of hydrogen-bond donors (Lipinski definition) is 1. The van der Waals surface area contributed by atoms with E-state index in [1.54, 1.807) is 0 Å². The van der Waals surface area contributed by atoms with Crippen LogP contribution in [0, 0.1) is 11.8 Å². The number of aliphatic hydroxyl groups excluding tert-OH is 1. The van der Waals surface area contributed by atoms with Gasteiger partial charge in [-0.1, -0.05) is 31.2 Å². The molecule has 1 fully saturated rings. The number of benzene rings is 2. The van der Waals surface area contributed by atoms with Crippen molar-refractivity contribution >= 4 is 22.4 Å². The van der Waals surface area contributed by atoms with Gasteiger partial charge in [-0.2, -0.15) is 0 Å². The zero-order chi connectivity index (χ0) is 19.6. The Hall–Kier alpha value is -2.11. The summed E-state index contributed by atoms with van der Waals surface area (Å²) in [5.74, 6) is 0.531. The topological polar surface area (TPSA) is 47.0 Å². The summed E-state index contributed by atoms with van der Waals surface area (Å²) in [6, 6.07) is 12.1. The van der Waals surface area contributed by atoms with Crippen molar-refractivity contribution in [3.05, 3.63) is 42.0 Å². The van der Waals surface area contributed by atoms with Gasteiger partial charge in [-0.15, -0.1) is 0 Å². The van der Waals surface area contributed by atoms with Crippen LogP contribution < -0.4 is 4.90 Å². The van der Waals surface area contributed by atoms with Crippen LogP contribution in [-0.4, -0.2) is 74.7 Å². The van der Waals surface area contributed by atoms with Gasteiger partial charge in [-0.25, -0.2) is 0 Å². The number of fused-ring (bicyclic) bond motifs is 1. The predicted molar refractivity (Wildman–Crippen MR) is 111 cm³/mol. The van der Waals surface area contributed by atoms with Gasteiger partial charge < -0.3 is 19.8 Å². The van der Waals surface area contributed by atoms with Gasteiger partial charge in [-0.05, 0) is 37.0 Å². The maximum atomic E-state index is 13.3. The zero-order valence-electron chi connectivity index (χ0n) is 16.9. The van der Waals surface area contributed by atoms with Crippen LogP contribution in [0.15, 0.2) is 36.4 Å². The molecule has 1 aliphatic rings. The van der Waals surface area contributed by atoms with Crippen molar-refractivity contribution in [1.29, 1.82) is 0 Å². The molecule has 0 unspecified atom stereocenters. The number of carbonyl (C=O) groups is 1. The summed E-state index contributed by atoms with van der Waals surface area (Å²) in [7, 11) is 6.13. The van der Waals surface area contributed by atoms with Crippen molar-refractivity contribution in [3.8, 4) is 0 Å². The molecule has 2 atom stereocenters. The lowest BCUT2D eigenvalue weighted by molar-refractivity contribution is 0.0781. The second-order valence-electron chi connectivity index (χ2n) is 7.84. The fraction of sp³-hybridized carbons (Fsp3) is 0.500. The number of likely N-dealkylation sites (tertiary alicyclic amines) is 1. The Kier molecular flexibility index (Phi) is 6.02. The Balaban J connectivity index is 1.89. The molecule has 0 bridgehead atoms. The van der Waals surface area contributed by atoms with E-state index in [4.69, 9.17) is 0 Å². The van der Waals surface area contributed by atoms with E-state index in [2.05, 4.69) is 29.8 Å². The molecule has 2 aromatic rings. The van der Waals surface area contributed by atoms with Gasteiger partial charge in [0.05, 0.1) is 0 Å². The standard InChI is InChI=1S/C22H31N3O2/c1-5-24(4)12-16-13-25(14-17(16)15-26)22(27)20-10-11-21(23(2)3)19-9-7-6-8-18(19)20/h6-11,16-17,26H,5,12-15H2,1-4H3/t16-,17-/m1/s1. The Bertz CT molecular complexity index is 805. The molecular formula is C22H31N3O2. The van der Waals surface area contributed by atoms with Gasteiger partial charge in [0.1, 0.15) is 0 Å². The molecule has 1 amide bonds. The van der Waals surface area contributed by atoms with Gasteiger partial charge in [0.25, 0.3) is 5.91 Å². The highest BCUT2D eigenvalue weighted by atomic mass is 16.3. The first-order valence-electron chi connectivity index (χ1n) is 9.74. The first kappa shape index (κ1) is 19.6. The van der Waals surface area contributed by atoms with Crippen LogP contribution in [0.3, 0.4) is 0 Å².